The zero-order valence-electron chi connectivity index (χ0n) is 12.4. The molecule has 0 fully saturated rings. The normalized spacial score (nSPS) is 11.3. The van der Waals surface area contributed by atoms with Gasteiger partial charge in [0.1, 0.15) is 10.2 Å². The first-order chi connectivity index (χ1) is 9.17. The minimum atomic E-state index is -0.539. The molecule has 1 aromatic rings. The van der Waals surface area contributed by atoms with E-state index in [0.717, 1.165) is 0 Å². The van der Waals surface area contributed by atoms with Crippen LogP contribution in [0.15, 0.2) is 10.8 Å². The molecular formula is C13H20BrN3O3. The van der Waals surface area contributed by atoms with Gasteiger partial charge in [0.2, 0.25) is 0 Å². The van der Waals surface area contributed by atoms with Gasteiger partial charge in [-0.25, -0.2) is 14.8 Å². The first-order valence-corrected chi connectivity index (χ1v) is 7.10. The van der Waals surface area contributed by atoms with Crippen molar-refractivity contribution in [1.82, 2.24) is 9.97 Å². The van der Waals surface area contributed by atoms with Gasteiger partial charge in [-0.05, 0) is 50.5 Å². The van der Waals surface area contributed by atoms with Gasteiger partial charge in [0, 0.05) is 6.04 Å². The number of anilines is 1. The van der Waals surface area contributed by atoms with Crippen LogP contribution in [0.25, 0.3) is 0 Å². The molecule has 0 aliphatic rings. The Morgan fingerprint density at radius 1 is 1.45 bits per heavy atom. The van der Waals surface area contributed by atoms with Crippen LogP contribution in [0.5, 0.6) is 5.88 Å². The number of nitrogens with zero attached hydrogens (tertiary/aromatic N) is 2. The predicted molar refractivity (Wildman–Crippen MR) is 79.8 cm³/mol. The molecule has 0 atom stereocenters. The minimum Gasteiger partial charge on any atom is -0.463 e. The summed E-state index contributed by atoms with van der Waals surface area (Å²) in [4.78, 5) is 20.0. The number of rotatable bonds is 5. The summed E-state index contributed by atoms with van der Waals surface area (Å²) in [6.07, 6.45) is 1.56. The fraction of sp³-hybridized carbons (Fsp3) is 0.615. The van der Waals surface area contributed by atoms with E-state index in [1.807, 2.05) is 13.8 Å². The van der Waals surface area contributed by atoms with Crippen LogP contribution in [-0.2, 0) is 9.53 Å². The van der Waals surface area contributed by atoms with E-state index < -0.39 is 11.6 Å². The van der Waals surface area contributed by atoms with Crippen LogP contribution < -0.4 is 10.1 Å². The lowest BCUT2D eigenvalue weighted by Gasteiger charge is -2.19. The number of nitrogens with one attached hydrogen (secondary N) is 1. The topological polar surface area (TPSA) is 73.3 Å². The first-order valence-electron chi connectivity index (χ1n) is 6.31. The minimum absolute atomic E-state index is 0.175. The highest BCUT2D eigenvalue weighted by Gasteiger charge is 2.18. The summed E-state index contributed by atoms with van der Waals surface area (Å²) in [6.45, 7) is 9.14. The summed E-state index contributed by atoms with van der Waals surface area (Å²) in [6, 6.07) is 0.175. The molecule has 0 spiro atoms. The van der Waals surface area contributed by atoms with Gasteiger partial charge in [0.05, 0.1) is 6.20 Å². The monoisotopic (exact) mass is 345 g/mol. The average Bonchev–Trinajstić information content (AvgIpc) is 2.26. The van der Waals surface area contributed by atoms with Gasteiger partial charge in [0.25, 0.3) is 5.88 Å². The number of carbonyl (C=O) groups excluding carboxylic acids is 1. The fourth-order valence-electron chi connectivity index (χ4n) is 1.32. The van der Waals surface area contributed by atoms with Gasteiger partial charge >= 0.3 is 5.97 Å². The zero-order valence-corrected chi connectivity index (χ0v) is 13.9. The molecule has 1 heterocycles. The molecule has 0 aromatic carbocycles. The van der Waals surface area contributed by atoms with E-state index in [4.69, 9.17) is 9.47 Å². The quantitative estimate of drug-likeness (QED) is 0.827. The van der Waals surface area contributed by atoms with Crippen LogP contribution in [-0.4, -0.2) is 34.2 Å². The molecule has 0 radical (unpaired) electrons. The Hall–Kier alpha value is -1.37. The van der Waals surface area contributed by atoms with E-state index >= 15 is 0 Å². The second-order valence-electron chi connectivity index (χ2n) is 5.52. The van der Waals surface area contributed by atoms with Gasteiger partial charge < -0.3 is 14.8 Å². The summed E-state index contributed by atoms with van der Waals surface area (Å²) < 4.78 is 11.1. The third-order valence-electron chi connectivity index (χ3n) is 1.88. The van der Waals surface area contributed by atoms with Gasteiger partial charge in [0.15, 0.2) is 12.4 Å². The van der Waals surface area contributed by atoms with E-state index in [1.54, 1.807) is 27.0 Å². The fourth-order valence-corrected chi connectivity index (χ4v) is 1.59. The molecule has 1 aromatic heterocycles. The highest BCUT2D eigenvalue weighted by Crippen LogP contribution is 2.22. The molecule has 112 valence electrons. The van der Waals surface area contributed by atoms with Crippen LogP contribution in [0.4, 0.5) is 5.82 Å². The van der Waals surface area contributed by atoms with Crippen molar-refractivity contribution in [3.05, 3.63) is 10.8 Å². The number of esters is 1. The number of halogens is 1. The van der Waals surface area contributed by atoms with Crippen LogP contribution in [0, 0.1) is 0 Å². The van der Waals surface area contributed by atoms with Crippen molar-refractivity contribution >= 4 is 27.7 Å². The standard InChI is InChI=1S/C13H20BrN3O3/c1-8(2)16-11-12(17-9(14)6-15-11)19-7-10(18)20-13(3,4)5/h6,8H,7H2,1-5H3,(H,15,16). The molecule has 0 bridgehead atoms. The molecule has 0 aliphatic heterocycles. The molecular weight excluding hydrogens is 326 g/mol. The van der Waals surface area contributed by atoms with Crippen molar-refractivity contribution in [2.45, 2.75) is 46.3 Å². The molecule has 1 rings (SSSR count). The maximum absolute atomic E-state index is 11.6. The Balaban J connectivity index is 2.71. The van der Waals surface area contributed by atoms with Crippen LogP contribution in [0.2, 0.25) is 0 Å². The lowest BCUT2D eigenvalue weighted by molar-refractivity contribution is -0.157. The van der Waals surface area contributed by atoms with Crippen molar-refractivity contribution in [3.8, 4) is 5.88 Å². The Morgan fingerprint density at radius 3 is 2.65 bits per heavy atom. The predicted octanol–water partition coefficient (Wildman–Crippen LogP) is 2.78. The molecule has 20 heavy (non-hydrogen) atoms. The second kappa shape index (κ2) is 6.88. The number of ether oxygens (including phenoxy) is 2. The summed E-state index contributed by atoms with van der Waals surface area (Å²) >= 11 is 3.22. The summed E-state index contributed by atoms with van der Waals surface area (Å²) in [5.41, 5.74) is -0.539. The summed E-state index contributed by atoms with van der Waals surface area (Å²) in [5.74, 6) is 0.306. The SMILES string of the molecule is CC(C)Nc1ncc(Br)nc1OCC(=O)OC(C)(C)C. The Kier molecular flexibility index (Phi) is 5.74. The van der Waals surface area contributed by atoms with E-state index in [1.165, 1.54) is 0 Å². The van der Waals surface area contributed by atoms with Crippen molar-refractivity contribution in [3.63, 3.8) is 0 Å². The van der Waals surface area contributed by atoms with E-state index in [9.17, 15) is 4.79 Å². The van der Waals surface area contributed by atoms with E-state index in [2.05, 4.69) is 31.2 Å². The van der Waals surface area contributed by atoms with Gasteiger partial charge in [-0.3, -0.25) is 0 Å². The molecule has 0 saturated heterocycles. The molecule has 6 nitrogen and oxygen atoms in total. The maximum atomic E-state index is 11.6. The summed E-state index contributed by atoms with van der Waals surface area (Å²) in [7, 11) is 0. The van der Waals surface area contributed by atoms with Crippen molar-refractivity contribution in [2.75, 3.05) is 11.9 Å². The molecule has 7 heteroatoms. The van der Waals surface area contributed by atoms with Crippen molar-refractivity contribution in [2.24, 2.45) is 0 Å². The number of aromatic nitrogens is 2. The lowest BCUT2D eigenvalue weighted by Crippen LogP contribution is -2.27. The van der Waals surface area contributed by atoms with Gasteiger partial charge in [-0.1, -0.05) is 0 Å². The van der Waals surface area contributed by atoms with Crippen molar-refractivity contribution < 1.29 is 14.3 Å². The van der Waals surface area contributed by atoms with Gasteiger partial charge in [-0.2, -0.15) is 0 Å². The second-order valence-corrected chi connectivity index (χ2v) is 6.33. The highest BCUT2D eigenvalue weighted by molar-refractivity contribution is 9.10. The lowest BCUT2D eigenvalue weighted by atomic mass is 10.2. The third-order valence-corrected chi connectivity index (χ3v) is 2.27. The maximum Gasteiger partial charge on any atom is 0.344 e. The molecule has 0 aliphatic carbocycles. The van der Waals surface area contributed by atoms with Crippen LogP contribution >= 0.6 is 15.9 Å². The first kappa shape index (κ1) is 16.7. The number of carbonyl (C=O) groups is 1. The largest absolute Gasteiger partial charge is 0.463 e. The highest BCUT2D eigenvalue weighted by atomic mass is 79.9. The molecule has 0 amide bonds. The van der Waals surface area contributed by atoms with E-state index in [-0.39, 0.29) is 18.5 Å². The number of hydrogen-bond acceptors (Lipinski definition) is 6. The molecule has 0 saturated carbocycles. The van der Waals surface area contributed by atoms with Gasteiger partial charge in [-0.15, -0.1) is 0 Å². The number of hydrogen-bond donors (Lipinski definition) is 1. The zero-order chi connectivity index (χ0) is 15.3. The van der Waals surface area contributed by atoms with Crippen LogP contribution in [0.1, 0.15) is 34.6 Å². The molecule has 1 N–H and O–H groups in total. The van der Waals surface area contributed by atoms with Crippen LogP contribution in [0.3, 0.4) is 0 Å². The Morgan fingerprint density at radius 2 is 2.10 bits per heavy atom. The van der Waals surface area contributed by atoms with Crippen molar-refractivity contribution in [1.29, 1.82) is 0 Å². The molecule has 0 unspecified atom stereocenters. The Labute approximate surface area is 127 Å². The average molecular weight is 346 g/mol. The Bertz CT molecular complexity index is 472. The summed E-state index contributed by atoms with van der Waals surface area (Å²) in [5, 5.41) is 3.10. The van der Waals surface area contributed by atoms with E-state index in [0.29, 0.717) is 10.4 Å². The third kappa shape index (κ3) is 6.18. The smallest absolute Gasteiger partial charge is 0.344 e.